The first kappa shape index (κ1) is 10.5. The highest BCUT2D eigenvalue weighted by Crippen LogP contribution is 2.11. The van der Waals surface area contributed by atoms with Crippen molar-refractivity contribution in [3.8, 4) is 0 Å². The summed E-state index contributed by atoms with van der Waals surface area (Å²) in [5.74, 6) is 0.0807. The smallest absolute Gasteiger partial charge is 0.273 e. The van der Waals surface area contributed by atoms with Crippen molar-refractivity contribution in [3.63, 3.8) is 0 Å². The minimum absolute atomic E-state index is 0.313. The summed E-state index contributed by atoms with van der Waals surface area (Å²) >= 11 is 5.69. The Bertz CT molecular complexity index is 523. The van der Waals surface area contributed by atoms with E-state index in [4.69, 9.17) is 17.3 Å². The third kappa shape index (κ3) is 2.32. The Balaban J connectivity index is 2.13. The quantitative estimate of drug-likeness (QED) is 0.697. The van der Waals surface area contributed by atoms with Gasteiger partial charge in [-0.05, 0) is 18.2 Å². The highest BCUT2D eigenvalue weighted by atomic mass is 35.5. The number of anilines is 2. The van der Waals surface area contributed by atoms with Crippen LogP contribution in [0.4, 0.5) is 11.5 Å². The van der Waals surface area contributed by atoms with Gasteiger partial charge in [-0.1, -0.05) is 17.7 Å². The Morgan fingerprint density at radius 3 is 2.94 bits per heavy atom. The van der Waals surface area contributed by atoms with Gasteiger partial charge in [0.25, 0.3) is 5.91 Å². The fourth-order valence-corrected chi connectivity index (χ4v) is 1.37. The third-order valence-electron chi connectivity index (χ3n) is 1.91. The molecule has 0 aromatic carbocycles. The number of aromatic amines is 1. The van der Waals surface area contributed by atoms with E-state index in [1.807, 2.05) is 0 Å². The summed E-state index contributed by atoms with van der Waals surface area (Å²) in [6, 6.07) is 6.52. The molecule has 0 aliphatic rings. The summed E-state index contributed by atoms with van der Waals surface area (Å²) < 4.78 is 0. The van der Waals surface area contributed by atoms with Crippen LogP contribution in [0.5, 0.6) is 0 Å². The van der Waals surface area contributed by atoms with E-state index >= 15 is 0 Å². The summed E-state index contributed by atoms with van der Waals surface area (Å²) in [5, 5.41) is 2.91. The number of halogens is 1. The second-order valence-electron chi connectivity index (χ2n) is 3.15. The molecule has 2 heterocycles. The van der Waals surface area contributed by atoms with E-state index in [9.17, 15) is 4.79 Å². The van der Waals surface area contributed by atoms with Gasteiger partial charge in [0.2, 0.25) is 0 Å². The summed E-state index contributed by atoms with van der Waals surface area (Å²) in [7, 11) is 0. The maximum atomic E-state index is 11.7. The molecule has 82 valence electrons. The average Bonchev–Trinajstić information content (AvgIpc) is 2.65. The molecule has 0 aliphatic carbocycles. The lowest BCUT2D eigenvalue weighted by Gasteiger charge is -2.02. The van der Waals surface area contributed by atoms with Crippen LogP contribution in [0.3, 0.4) is 0 Å². The monoisotopic (exact) mass is 236 g/mol. The largest absolute Gasteiger partial charge is 0.397 e. The van der Waals surface area contributed by atoms with E-state index in [1.54, 1.807) is 30.5 Å². The molecule has 0 spiro atoms. The Morgan fingerprint density at radius 2 is 2.31 bits per heavy atom. The molecular weight excluding hydrogens is 228 g/mol. The number of nitrogens with zero attached hydrogens (tertiary/aromatic N) is 1. The number of carbonyl (C=O) groups excluding carboxylic acids is 1. The molecule has 0 saturated heterocycles. The molecule has 0 saturated carbocycles. The molecule has 0 fully saturated rings. The zero-order chi connectivity index (χ0) is 11.5. The van der Waals surface area contributed by atoms with Gasteiger partial charge in [0.05, 0.1) is 0 Å². The normalized spacial score (nSPS) is 10.1. The first-order valence-corrected chi connectivity index (χ1v) is 4.91. The van der Waals surface area contributed by atoms with Crippen LogP contribution in [-0.2, 0) is 0 Å². The summed E-state index contributed by atoms with van der Waals surface area (Å²) in [6.45, 7) is 0. The number of amides is 1. The van der Waals surface area contributed by atoms with Gasteiger partial charge < -0.3 is 16.0 Å². The van der Waals surface area contributed by atoms with Crippen molar-refractivity contribution in [3.05, 3.63) is 41.3 Å². The van der Waals surface area contributed by atoms with Crippen LogP contribution in [0.2, 0.25) is 5.15 Å². The molecule has 4 N–H and O–H groups in total. The van der Waals surface area contributed by atoms with Crippen LogP contribution in [-0.4, -0.2) is 15.9 Å². The second kappa shape index (κ2) is 4.24. The molecule has 0 aliphatic heterocycles. The first-order valence-electron chi connectivity index (χ1n) is 4.53. The van der Waals surface area contributed by atoms with Gasteiger partial charge in [0.15, 0.2) is 0 Å². The lowest BCUT2D eigenvalue weighted by atomic mass is 10.4. The fourth-order valence-electron chi connectivity index (χ4n) is 1.20. The SMILES string of the molecule is Nc1c[nH]c(C(=O)Nc2cccc(Cl)n2)c1. The molecule has 6 heteroatoms. The molecule has 0 atom stereocenters. The van der Waals surface area contributed by atoms with Crippen LogP contribution in [0, 0.1) is 0 Å². The number of nitrogens with one attached hydrogen (secondary N) is 2. The van der Waals surface area contributed by atoms with E-state index in [2.05, 4.69) is 15.3 Å². The maximum absolute atomic E-state index is 11.7. The van der Waals surface area contributed by atoms with Crippen molar-refractivity contribution in [1.82, 2.24) is 9.97 Å². The van der Waals surface area contributed by atoms with Gasteiger partial charge >= 0.3 is 0 Å². The van der Waals surface area contributed by atoms with Crippen molar-refractivity contribution < 1.29 is 4.79 Å². The molecule has 2 aromatic rings. The van der Waals surface area contributed by atoms with E-state index in [0.29, 0.717) is 22.4 Å². The summed E-state index contributed by atoms with van der Waals surface area (Å²) in [6.07, 6.45) is 1.54. The van der Waals surface area contributed by atoms with Crippen molar-refractivity contribution in [2.24, 2.45) is 0 Å². The highest BCUT2D eigenvalue weighted by Gasteiger charge is 2.08. The van der Waals surface area contributed by atoms with Crippen LogP contribution in [0.1, 0.15) is 10.5 Å². The average molecular weight is 237 g/mol. The molecule has 1 amide bonds. The zero-order valence-electron chi connectivity index (χ0n) is 8.20. The topological polar surface area (TPSA) is 83.8 Å². The number of H-pyrrole nitrogens is 1. The predicted molar refractivity (Wildman–Crippen MR) is 62.4 cm³/mol. The number of aromatic nitrogens is 2. The first-order chi connectivity index (χ1) is 7.65. The number of hydrogen-bond donors (Lipinski definition) is 3. The van der Waals surface area contributed by atoms with Crippen molar-refractivity contribution >= 4 is 29.0 Å². The molecule has 5 nitrogen and oxygen atoms in total. The third-order valence-corrected chi connectivity index (χ3v) is 2.12. The number of nitrogen functional groups attached to an aromatic ring is 1. The number of nitrogens with two attached hydrogens (primary N) is 1. The fraction of sp³-hybridized carbons (Fsp3) is 0. The zero-order valence-corrected chi connectivity index (χ0v) is 8.95. The minimum atomic E-state index is -0.313. The number of pyridine rings is 1. The molecule has 0 unspecified atom stereocenters. The maximum Gasteiger partial charge on any atom is 0.273 e. The van der Waals surface area contributed by atoms with Crippen LogP contribution >= 0.6 is 11.6 Å². The van der Waals surface area contributed by atoms with E-state index < -0.39 is 0 Å². The van der Waals surface area contributed by atoms with Gasteiger partial charge in [0.1, 0.15) is 16.7 Å². The Labute approximate surface area is 96.6 Å². The van der Waals surface area contributed by atoms with E-state index in [-0.39, 0.29) is 5.91 Å². The van der Waals surface area contributed by atoms with Crippen LogP contribution < -0.4 is 11.1 Å². The standard InChI is InChI=1S/C10H9ClN4O/c11-8-2-1-3-9(14-8)15-10(16)7-4-6(12)5-13-7/h1-5,13H,12H2,(H,14,15,16). The molecule has 16 heavy (non-hydrogen) atoms. The Morgan fingerprint density at radius 1 is 1.50 bits per heavy atom. The van der Waals surface area contributed by atoms with Crippen LogP contribution in [0.25, 0.3) is 0 Å². The van der Waals surface area contributed by atoms with Crippen LogP contribution in [0.15, 0.2) is 30.5 Å². The Kier molecular flexibility index (Phi) is 2.78. The lowest BCUT2D eigenvalue weighted by Crippen LogP contribution is -2.13. The van der Waals surface area contributed by atoms with Crippen molar-refractivity contribution in [2.75, 3.05) is 11.1 Å². The summed E-state index contributed by atoms with van der Waals surface area (Å²) in [4.78, 5) is 18.3. The van der Waals surface area contributed by atoms with Gasteiger partial charge in [-0.25, -0.2) is 4.98 Å². The molecular formula is C10H9ClN4O. The number of rotatable bonds is 2. The number of carbonyl (C=O) groups is 1. The van der Waals surface area contributed by atoms with Gasteiger partial charge in [0, 0.05) is 11.9 Å². The molecule has 0 bridgehead atoms. The molecule has 2 rings (SSSR count). The lowest BCUT2D eigenvalue weighted by molar-refractivity contribution is 0.102. The predicted octanol–water partition coefficient (Wildman–Crippen LogP) is 1.90. The molecule has 2 aromatic heterocycles. The van der Waals surface area contributed by atoms with Gasteiger partial charge in [-0.15, -0.1) is 0 Å². The van der Waals surface area contributed by atoms with E-state index in [0.717, 1.165) is 0 Å². The minimum Gasteiger partial charge on any atom is -0.397 e. The summed E-state index contributed by atoms with van der Waals surface area (Å²) in [5.41, 5.74) is 6.36. The molecule has 0 radical (unpaired) electrons. The van der Waals surface area contributed by atoms with Gasteiger partial charge in [-0.2, -0.15) is 0 Å². The number of hydrogen-bond acceptors (Lipinski definition) is 3. The highest BCUT2D eigenvalue weighted by molar-refractivity contribution is 6.29. The second-order valence-corrected chi connectivity index (χ2v) is 3.53. The van der Waals surface area contributed by atoms with E-state index in [1.165, 1.54) is 0 Å². The Hall–Kier alpha value is -2.01. The van der Waals surface area contributed by atoms with Gasteiger partial charge in [-0.3, -0.25) is 4.79 Å². The van der Waals surface area contributed by atoms with Crippen molar-refractivity contribution in [1.29, 1.82) is 0 Å². The van der Waals surface area contributed by atoms with Crippen molar-refractivity contribution in [2.45, 2.75) is 0 Å².